The molecule has 0 saturated heterocycles. The predicted octanol–water partition coefficient (Wildman–Crippen LogP) is 8.22. The summed E-state index contributed by atoms with van der Waals surface area (Å²) in [6.45, 7) is 0. The molecule has 0 heterocycles. The van der Waals surface area contributed by atoms with Crippen molar-refractivity contribution in [3.63, 3.8) is 0 Å². The second-order valence-corrected chi connectivity index (χ2v) is 7.75. The zero-order valence-electron chi connectivity index (χ0n) is 18.2. The first-order chi connectivity index (χ1) is 16.4. The van der Waals surface area contributed by atoms with Crippen LogP contribution in [-0.2, 0) is 0 Å². The predicted molar refractivity (Wildman–Crippen MR) is 139 cm³/mol. The Hall–Kier alpha value is -4.54. The molecular weight excluding hydrogens is 398 g/mol. The van der Waals surface area contributed by atoms with Gasteiger partial charge in [0.25, 0.3) is 0 Å². The lowest BCUT2D eigenvalue weighted by atomic mass is 10.0. The third kappa shape index (κ3) is 4.87. The highest BCUT2D eigenvalue weighted by molar-refractivity contribution is 5.76. The Labute approximate surface area is 195 Å². The zero-order valence-corrected chi connectivity index (χ0v) is 18.2. The molecule has 0 spiro atoms. The molecule has 0 aliphatic rings. The van der Waals surface area contributed by atoms with Crippen LogP contribution in [0, 0.1) is 11.8 Å². The van der Waals surface area contributed by atoms with Crippen molar-refractivity contribution >= 4 is 17.1 Å². The number of para-hydroxylation sites is 2. The monoisotopic (exact) mass is 421 g/mol. The molecule has 33 heavy (non-hydrogen) atoms. The smallest absolute Gasteiger partial charge is 0.0462 e. The second-order valence-electron chi connectivity index (χ2n) is 7.75. The fourth-order valence-corrected chi connectivity index (χ4v) is 3.82. The van der Waals surface area contributed by atoms with Crippen LogP contribution >= 0.6 is 0 Å². The van der Waals surface area contributed by atoms with Gasteiger partial charge in [0, 0.05) is 28.2 Å². The number of benzene rings is 5. The normalized spacial score (nSPS) is 10.2. The van der Waals surface area contributed by atoms with Gasteiger partial charge >= 0.3 is 0 Å². The molecule has 1 nitrogen and oxygen atoms in total. The van der Waals surface area contributed by atoms with Crippen LogP contribution in [0.5, 0.6) is 0 Å². The van der Waals surface area contributed by atoms with E-state index in [0.717, 1.165) is 28.2 Å². The van der Waals surface area contributed by atoms with Gasteiger partial charge < -0.3 is 4.90 Å². The van der Waals surface area contributed by atoms with E-state index >= 15 is 0 Å². The Morgan fingerprint density at radius 1 is 0.333 bits per heavy atom. The van der Waals surface area contributed by atoms with Crippen LogP contribution in [-0.4, -0.2) is 0 Å². The highest BCUT2D eigenvalue weighted by atomic mass is 15.1. The van der Waals surface area contributed by atoms with Crippen molar-refractivity contribution in [2.24, 2.45) is 0 Å². The highest BCUT2D eigenvalue weighted by Gasteiger charge is 2.11. The number of rotatable bonds is 4. The summed E-state index contributed by atoms with van der Waals surface area (Å²) < 4.78 is 0. The van der Waals surface area contributed by atoms with Gasteiger partial charge in [0.1, 0.15) is 0 Å². The molecule has 5 rings (SSSR count). The van der Waals surface area contributed by atoms with Crippen molar-refractivity contribution in [3.05, 3.63) is 151 Å². The Bertz CT molecular complexity index is 1320. The van der Waals surface area contributed by atoms with Crippen LogP contribution < -0.4 is 4.90 Å². The summed E-state index contributed by atoms with van der Waals surface area (Å²) in [5.74, 6) is 6.59. The molecule has 5 aromatic rings. The molecule has 5 aromatic carbocycles. The first kappa shape index (κ1) is 20.4. The number of nitrogens with zero attached hydrogens (tertiary/aromatic N) is 1. The van der Waals surface area contributed by atoms with Crippen molar-refractivity contribution in [2.45, 2.75) is 0 Å². The molecule has 0 radical (unpaired) electrons. The Kier molecular flexibility index (Phi) is 6.00. The van der Waals surface area contributed by atoms with Crippen molar-refractivity contribution in [1.82, 2.24) is 0 Å². The van der Waals surface area contributed by atoms with Gasteiger partial charge in [-0.2, -0.15) is 0 Å². The van der Waals surface area contributed by atoms with Crippen molar-refractivity contribution in [2.75, 3.05) is 4.90 Å². The Balaban J connectivity index is 1.38. The van der Waals surface area contributed by atoms with Gasteiger partial charge in [-0.05, 0) is 71.8 Å². The van der Waals surface area contributed by atoms with Crippen LogP contribution in [0.25, 0.3) is 11.1 Å². The topological polar surface area (TPSA) is 3.24 Å². The average molecular weight is 422 g/mol. The maximum Gasteiger partial charge on any atom is 0.0462 e. The van der Waals surface area contributed by atoms with Gasteiger partial charge in [-0.1, -0.05) is 90.7 Å². The van der Waals surface area contributed by atoms with E-state index in [9.17, 15) is 0 Å². The summed E-state index contributed by atoms with van der Waals surface area (Å²) >= 11 is 0. The summed E-state index contributed by atoms with van der Waals surface area (Å²) in [7, 11) is 0. The molecule has 0 bridgehead atoms. The van der Waals surface area contributed by atoms with Crippen LogP contribution in [0.2, 0.25) is 0 Å². The SMILES string of the molecule is C(#Cc1ccc(N(c2ccccc2)c2ccccc2)cc1)c1ccc(-c2ccccc2)cc1. The molecule has 0 atom stereocenters. The summed E-state index contributed by atoms with van der Waals surface area (Å²) in [5.41, 5.74) is 7.77. The lowest BCUT2D eigenvalue weighted by molar-refractivity contribution is 1.28. The van der Waals surface area contributed by atoms with Crippen molar-refractivity contribution in [3.8, 4) is 23.0 Å². The standard InChI is InChI=1S/C32H23N/c1-4-10-28(11-5-1)29-22-18-26(19-23-29)16-17-27-20-24-32(25-21-27)33(30-12-6-2-7-13-30)31-14-8-3-9-15-31/h1-15,18-25H. The maximum absolute atomic E-state index is 3.30. The van der Waals surface area contributed by atoms with Crippen LogP contribution in [0.4, 0.5) is 17.1 Å². The van der Waals surface area contributed by atoms with E-state index in [-0.39, 0.29) is 0 Å². The second kappa shape index (κ2) is 9.73. The minimum absolute atomic E-state index is 0.993. The van der Waals surface area contributed by atoms with E-state index in [4.69, 9.17) is 0 Å². The van der Waals surface area contributed by atoms with Crippen LogP contribution in [0.15, 0.2) is 140 Å². The first-order valence-corrected chi connectivity index (χ1v) is 11.0. The van der Waals surface area contributed by atoms with E-state index in [1.54, 1.807) is 0 Å². The van der Waals surface area contributed by atoms with E-state index < -0.39 is 0 Å². The van der Waals surface area contributed by atoms with Crippen molar-refractivity contribution < 1.29 is 0 Å². The fraction of sp³-hybridized carbons (Fsp3) is 0. The molecule has 0 N–H and O–H groups in total. The molecule has 0 saturated carbocycles. The van der Waals surface area contributed by atoms with Crippen molar-refractivity contribution in [1.29, 1.82) is 0 Å². The lowest BCUT2D eigenvalue weighted by Gasteiger charge is -2.25. The Morgan fingerprint density at radius 3 is 1.18 bits per heavy atom. The third-order valence-electron chi connectivity index (χ3n) is 5.50. The highest BCUT2D eigenvalue weighted by Crippen LogP contribution is 2.33. The summed E-state index contributed by atoms with van der Waals surface area (Å²) in [6, 6.07) is 48.1. The van der Waals surface area contributed by atoms with Gasteiger partial charge in [-0.15, -0.1) is 0 Å². The lowest BCUT2D eigenvalue weighted by Crippen LogP contribution is -2.09. The summed E-state index contributed by atoms with van der Waals surface area (Å²) in [5, 5.41) is 0. The molecular formula is C32H23N. The fourth-order valence-electron chi connectivity index (χ4n) is 3.82. The van der Waals surface area contributed by atoms with Gasteiger partial charge in [-0.3, -0.25) is 0 Å². The first-order valence-electron chi connectivity index (χ1n) is 11.0. The van der Waals surface area contributed by atoms with Crippen LogP contribution in [0.3, 0.4) is 0 Å². The number of hydrogen-bond donors (Lipinski definition) is 0. The summed E-state index contributed by atoms with van der Waals surface area (Å²) in [6.07, 6.45) is 0. The van der Waals surface area contributed by atoms with Gasteiger partial charge in [-0.25, -0.2) is 0 Å². The zero-order chi connectivity index (χ0) is 22.3. The molecule has 0 aliphatic carbocycles. The van der Waals surface area contributed by atoms with E-state index in [0.29, 0.717) is 0 Å². The molecule has 0 fully saturated rings. The number of anilines is 3. The minimum atomic E-state index is 0.993. The molecule has 0 unspecified atom stereocenters. The third-order valence-corrected chi connectivity index (χ3v) is 5.50. The molecule has 0 aliphatic heterocycles. The van der Waals surface area contributed by atoms with Crippen LogP contribution in [0.1, 0.15) is 11.1 Å². The quantitative estimate of drug-likeness (QED) is 0.264. The van der Waals surface area contributed by atoms with E-state index in [2.05, 4.69) is 138 Å². The molecule has 156 valence electrons. The van der Waals surface area contributed by atoms with E-state index in [1.807, 2.05) is 18.2 Å². The van der Waals surface area contributed by atoms with Gasteiger partial charge in [0.05, 0.1) is 0 Å². The van der Waals surface area contributed by atoms with E-state index in [1.165, 1.54) is 11.1 Å². The minimum Gasteiger partial charge on any atom is -0.311 e. The molecule has 0 amide bonds. The largest absolute Gasteiger partial charge is 0.311 e. The molecule has 0 aromatic heterocycles. The Morgan fingerprint density at radius 2 is 0.697 bits per heavy atom. The summed E-state index contributed by atoms with van der Waals surface area (Å²) in [4.78, 5) is 2.25. The molecule has 1 heteroatoms. The maximum atomic E-state index is 3.30. The average Bonchev–Trinajstić information content (AvgIpc) is 2.90. The number of hydrogen-bond acceptors (Lipinski definition) is 1. The van der Waals surface area contributed by atoms with Gasteiger partial charge in [0.15, 0.2) is 0 Å². The van der Waals surface area contributed by atoms with Gasteiger partial charge in [0.2, 0.25) is 0 Å².